The van der Waals surface area contributed by atoms with E-state index in [1.54, 1.807) is 10.9 Å². The van der Waals surface area contributed by atoms with E-state index >= 15 is 0 Å². The number of hydrogen-bond donors (Lipinski definition) is 1. The maximum absolute atomic E-state index is 5.51. The highest BCUT2D eigenvalue weighted by Crippen LogP contribution is 2.40. The molecule has 0 radical (unpaired) electrons. The summed E-state index contributed by atoms with van der Waals surface area (Å²) in [6.07, 6.45) is 9.04. The Morgan fingerprint density at radius 3 is 2.91 bits per heavy atom. The lowest BCUT2D eigenvalue weighted by atomic mass is 9.89. The van der Waals surface area contributed by atoms with Crippen LogP contribution in [0.1, 0.15) is 35.2 Å². The van der Waals surface area contributed by atoms with Crippen LogP contribution in [0, 0.1) is 5.92 Å². The predicted molar refractivity (Wildman–Crippen MR) is 133 cm³/mol. The summed E-state index contributed by atoms with van der Waals surface area (Å²) in [6.45, 7) is 7.18. The van der Waals surface area contributed by atoms with E-state index in [1.165, 1.54) is 22.2 Å². The first-order valence-corrected chi connectivity index (χ1v) is 12.8. The van der Waals surface area contributed by atoms with Gasteiger partial charge in [0.05, 0.1) is 25.1 Å². The number of morpholine rings is 1. The third-order valence-electron chi connectivity index (χ3n) is 6.68. The molecule has 1 N–H and O–H groups in total. The molecule has 6 rings (SSSR count). The molecule has 4 aromatic rings. The van der Waals surface area contributed by atoms with Gasteiger partial charge in [-0.25, -0.2) is 19.6 Å². The lowest BCUT2D eigenvalue weighted by Gasteiger charge is -2.26. The van der Waals surface area contributed by atoms with E-state index < -0.39 is 0 Å². The molecule has 2 aliphatic rings. The quantitative estimate of drug-likeness (QED) is 0.454. The fourth-order valence-electron chi connectivity index (χ4n) is 4.79. The van der Waals surface area contributed by atoms with Crippen LogP contribution in [-0.2, 0) is 30.7 Å². The Kier molecular flexibility index (Phi) is 5.98. The normalized spacial score (nSPS) is 18.8. The Bertz CT molecular complexity index is 1260. The predicted octanol–water partition coefficient (Wildman–Crippen LogP) is 3.84. The van der Waals surface area contributed by atoms with Crippen molar-refractivity contribution >= 4 is 27.4 Å². The molecule has 0 saturated carbocycles. The number of rotatable bonds is 6. The second-order valence-corrected chi connectivity index (χ2v) is 10.3. The molecule has 0 spiro atoms. The Morgan fingerprint density at radius 1 is 1.21 bits per heavy atom. The van der Waals surface area contributed by atoms with E-state index in [0.29, 0.717) is 6.54 Å². The summed E-state index contributed by atoms with van der Waals surface area (Å²) in [7, 11) is 0. The lowest BCUT2D eigenvalue weighted by molar-refractivity contribution is 0.0331. The number of hydrogen-bond acceptors (Lipinski definition) is 8. The second-order valence-electron chi connectivity index (χ2n) is 9.24. The molecule has 8 nitrogen and oxygen atoms in total. The smallest absolute Gasteiger partial charge is 0.153 e. The zero-order valence-electron chi connectivity index (χ0n) is 19.4. The fraction of sp³-hybridized carbons (Fsp3) is 0.440. The zero-order valence-corrected chi connectivity index (χ0v) is 20.2. The summed E-state index contributed by atoms with van der Waals surface area (Å²) >= 11 is 1.86. The molecule has 4 aromatic heterocycles. The van der Waals surface area contributed by atoms with Crippen molar-refractivity contribution in [3.8, 4) is 5.82 Å². The van der Waals surface area contributed by atoms with Crippen LogP contribution in [0.15, 0.2) is 36.8 Å². The maximum atomic E-state index is 5.51. The highest BCUT2D eigenvalue weighted by Gasteiger charge is 2.24. The molecule has 0 amide bonds. The fourth-order valence-corrected chi connectivity index (χ4v) is 6.19. The number of thiophene rings is 1. The Morgan fingerprint density at radius 2 is 2.12 bits per heavy atom. The standard InChI is InChI=1S/C25H29N7OS/c1-17-3-5-19-20(13-17)34-25-23(19)24(29-21(30-25)16-31-9-11-33-12-10-31)27-15-18-4-6-22(26-14-18)32-8-2-7-28-32/h2,4,6-8,14,17H,3,5,9-13,15-16H2,1H3,(H,27,29,30). The van der Waals surface area contributed by atoms with Gasteiger partial charge in [0.15, 0.2) is 5.82 Å². The van der Waals surface area contributed by atoms with Crippen LogP contribution in [-0.4, -0.2) is 55.9 Å². The first-order chi connectivity index (χ1) is 16.7. The number of fused-ring (bicyclic) bond motifs is 3. The average molecular weight is 476 g/mol. The van der Waals surface area contributed by atoms with Crippen molar-refractivity contribution in [2.24, 2.45) is 5.92 Å². The van der Waals surface area contributed by atoms with Gasteiger partial charge in [0, 0.05) is 43.1 Å². The van der Waals surface area contributed by atoms with E-state index in [9.17, 15) is 0 Å². The Labute approximate surface area is 203 Å². The van der Waals surface area contributed by atoms with Crippen molar-refractivity contribution < 1.29 is 4.74 Å². The monoisotopic (exact) mass is 475 g/mol. The van der Waals surface area contributed by atoms with Crippen molar-refractivity contribution in [2.75, 3.05) is 31.6 Å². The van der Waals surface area contributed by atoms with Crippen molar-refractivity contribution in [2.45, 2.75) is 39.3 Å². The summed E-state index contributed by atoms with van der Waals surface area (Å²) in [4.78, 5) is 19.6. The molecule has 1 unspecified atom stereocenters. The van der Waals surface area contributed by atoms with Gasteiger partial charge >= 0.3 is 0 Å². The molecule has 1 saturated heterocycles. The average Bonchev–Trinajstić information content (AvgIpc) is 3.51. The van der Waals surface area contributed by atoms with Crippen molar-refractivity contribution in [1.29, 1.82) is 0 Å². The minimum Gasteiger partial charge on any atom is -0.379 e. The molecular formula is C25H29N7OS. The molecule has 176 valence electrons. The van der Waals surface area contributed by atoms with Gasteiger partial charge < -0.3 is 10.1 Å². The first-order valence-electron chi connectivity index (χ1n) is 12.0. The van der Waals surface area contributed by atoms with Gasteiger partial charge in [-0.1, -0.05) is 13.0 Å². The number of nitrogens with zero attached hydrogens (tertiary/aromatic N) is 6. The highest BCUT2D eigenvalue weighted by molar-refractivity contribution is 7.19. The van der Waals surface area contributed by atoms with Crippen molar-refractivity contribution in [3.63, 3.8) is 0 Å². The van der Waals surface area contributed by atoms with Crippen LogP contribution in [0.3, 0.4) is 0 Å². The van der Waals surface area contributed by atoms with Gasteiger partial charge in [-0.15, -0.1) is 11.3 Å². The molecule has 0 bridgehead atoms. The second kappa shape index (κ2) is 9.40. The minimum atomic E-state index is 0.663. The molecule has 1 atom stereocenters. The van der Waals surface area contributed by atoms with E-state index in [-0.39, 0.29) is 0 Å². The van der Waals surface area contributed by atoms with Gasteiger partial charge in [-0.2, -0.15) is 5.10 Å². The molecular weight excluding hydrogens is 446 g/mol. The van der Waals surface area contributed by atoms with Crippen LogP contribution in [0.25, 0.3) is 16.0 Å². The van der Waals surface area contributed by atoms with Gasteiger partial charge in [0.1, 0.15) is 16.5 Å². The number of anilines is 1. The first kappa shape index (κ1) is 21.6. The third kappa shape index (κ3) is 4.43. The van der Waals surface area contributed by atoms with Gasteiger partial charge in [-0.05, 0) is 48.4 Å². The number of aryl methyl sites for hydroxylation is 1. The molecule has 1 aliphatic heterocycles. The molecule has 9 heteroatoms. The van der Waals surface area contributed by atoms with Gasteiger partial charge in [-0.3, -0.25) is 4.90 Å². The number of nitrogens with one attached hydrogen (secondary N) is 1. The molecule has 34 heavy (non-hydrogen) atoms. The number of ether oxygens (including phenoxy) is 1. The summed E-state index contributed by atoms with van der Waals surface area (Å²) in [5.41, 5.74) is 2.56. The lowest BCUT2D eigenvalue weighted by Crippen LogP contribution is -2.36. The zero-order chi connectivity index (χ0) is 22.9. The minimum absolute atomic E-state index is 0.663. The van der Waals surface area contributed by atoms with E-state index in [2.05, 4.69) is 33.3 Å². The van der Waals surface area contributed by atoms with Crippen LogP contribution >= 0.6 is 11.3 Å². The maximum Gasteiger partial charge on any atom is 0.153 e. The summed E-state index contributed by atoms with van der Waals surface area (Å²) in [5.74, 6) is 3.39. The van der Waals surface area contributed by atoms with Crippen LogP contribution in [0.4, 0.5) is 5.82 Å². The Balaban J connectivity index is 1.29. The largest absolute Gasteiger partial charge is 0.379 e. The Hall–Kier alpha value is -2.88. The van der Waals surface area contributed by atoms with E-state index in [1.807, 2.05) is 35.9 Å². The van der Waals surface area contributed by atoms with Crippen molar-refractivity contribution in [3.05, 3.63) is 58.6 Å². The molecule has 1 aliphatic carbocycles. The van der Waals surface area contributed by atoms with Crippen molar-refractivity contribution in [1.82, 2.24) is 29.6 Å². The van der Waals surface area contributed by atoms with Crippen LogP contribution in [0.2, 0.25) is 0 Å². The third-order valence-corrected chi connectivity index (χ3v) is 7.83. The van der Waals surface area contributed by atoms with E-state index in [4.69, 9.17) is 14.7 Å². The molecule has 5 heterocycles. The SMILES string of the molecule is CC1CCc2c(sc3nc(CN4CCOCC4)nc(NCc4ccc(-n5cccn5)nc4)c23)C1. The van der Waals surface area contributed by atoms with Gasteiger partial charge in [0.25, 0.3) is 0 Å². The van der Waals surface area contributed by atoms with Crippen LogP contribution < -0.4 is 5.32 Å². The summed E-state index contributed by atoms with van der Waals surface area (Å²) in [5, 5.41) is 9.11. The molecule has 0 aromatic carbocycles. The summed E-state index contributed by atoms with van der Waals surface area (Å²) < 4.78 is 7.28. The van der Waals surface area contributed by atoms with Crippen LogP contribution in [0.5, 0.6) is 0 Å². The number of pyridine rings is 1. The summed E-state index contributed by atoms with van der Waals surface area (Å²) in [6, 6.07) is 5.99. The van der Waals surface area contributed by atoms with E-state index in [0.717, 1.165) is 79.5 Å². The molecule has 1 fully saturated rings. The van der Waals surface area contributed by atoms with Gasteiger partial charge in [0.2, 0.25) is 0 Å². The highest BCUT2D eigenvalue weighted by atomic mass is 32.1. The number of aromatic nitrogens is 5. The topological polar surface area (TPSA) is 81.0 Å².